The van der Waals surface area contributed by atoms with Crippen LogP contribution >= 0.6 is 0 Å². The van der Waals surface area contributed by atoms with Gasteiger partial charge in [-0.25, -0.2) is 0 Å². The van der Waals surface area contributed by atoms with Gasteiger partial charge in [-0.3, -0.25) is 0 Å². The van der Waals surface area contributed by atoms with Crippen LogP contribution in [0.5, 0.6) is 11.5 Å². The van der Waals surface area contributed by atoms with Gasteiger partial charge >= 0.3 is 0 Å². The van der Waals surface area contributed by atoms with Crippen LogP contribution < -0.4 is 0 Å². The smallest absolute Gasteiger partial charge is 0.158 e. The molecule has 0 aliphatic heterocycles. The third kappa shape index (κ3) is 6.83. The summed E-state index contributed by atoms with van der Waals surface area (Å²) in [5.41, 5.74) is 1.63. The van der Waals surface area contributed by atoms with Gasteiger partial charge in [0.2, 0.25) is 0 Å². The number of hydrogen-bond donors (Lipinski definition) is 2. The summed E-state index contributed by atoms with van der Waals surface area (Å²) in [6.07, 6.45) is 9.52. The van der Waals surface area contributed by atoms with Gasteiger partial charge < -0.3 is 15.1 Å². The lowest BCUT2D eigenvalue weighted by atomic mass is 10.0. The zero-order chi connectivity index (χ0) is 16.2. The summed E-state index contributed by atoms with van der Waals surface area (Å²) in [6, 6.07) is 4.78. The van der Waals surface area contributed by atoms with Gasteiger partial charge in [0, 0.05) is 5.56 Å². The highest BCUT2D eigenvalue weighted by Crippen LogP contribution is 2.26. The number of nitrogens with zero attached hydrogens (tertiary/aromatic N) is 1. The van der Waals surface area contributed by atoms with Crippen LogP contribution in [0.25, 0.3) is 0 Å². The molecule has 4 nitrogen and oxygen atoms in total. The fourth-order valence-corrected chi connectivity index (χ4v) is 2.34. The second-order valence-corrected chi connectivity index (χ2v) is 5.53. The molecule has 0 heterocycles. The number of aromatic hydroxyl groups is 2. The molecule has 0 saturated carbocycles. The van der Waals surface area contributed by atoms with Crippen molar-refractivity contribution in [3.63, 3.8) is 0 Å². The first-order valence-corrected chi connectivity index (χ1v) is 8.40. The first-order chi connectivity index (χ1) is 10.7. The first-order valence-electron chi connectivity index (χ1n) is 8.40. The quantitative estimate of drug-likeness (QED) is 0.262. The van der Waals surface area contributed by atoms with Crippen molar-refractivity contribution in [3.8, 4) is 11.5 Å². The SMILES string of the molecule is CCCCCCCCC/C(=N/OCC)c1ccc(O)c(O)c1. The third-order valence-electron chi connectivity index (χ3n) is 3.63. The Labute approximate surface area is 133 Å². The molecule has 0 atom stereocenters. The second-order valence-electron chi connectivity index (χ2n) is 5.53. The van der Waals surface area contributed by atoms with Gasteiger partial charge in [0.1, 0.15) is 6.61 Å². The summed E-state index contributed by atoms with van der Waals surface area (Å²) in [6.45, 7) is 4.64. The minimum absolute atomic E-state index is 0.115. The summed E-state index contributed by atoms with van der Waals surface area (Å²) in [4.78, 5) is 5.17. The molecular formula is C18H29NO3. The van der Waals surface area contributed by atoms with E-state index in [0.29, 0.717) is 6.61 Å². The predicted molar refractivity (Wildman–Crippen MR) is 90.5 cm³/mol. The Bertz CT molecular complexity index is 458. The maximum absolute atomic E-state index is 9.62. The van der Waals surface area contributed by atoms with Crippen molar-refractivity contribution in [2.24, 2.45) is 5.16 Å². The van der Waals surface area contributed by atoms with Gasteiger partial charge in [0.05, 0.1) is 5.71 Å². The maximum Gasteiger partial charge on any atom is 0.158 e. The summed E-state index contributed by atoms with van der Waals surface area (Å²) < 4.78 is 0. The van der Waals surface area contributed by atoms with E-state index in [-0.39, 0.29) is 11.5 Å². The average Bonchev–Trinajstić information content (AvgIpc) is 2.52. The van der Waals surface area contributed by atoms with Gasteiger partial charge in [0.25, 0.3) is 0 Å². The molecular weight excluding hydrogens is 278 g/mol. The van der Waals surface area contributed by atoms with Crippen LogP contribution in [0.4, 0.5) is 0 Å². The topological polar surface area (TPSA) is 62.0 Å². The molecule has 0 bridgehead atoms. The molecule has 0 fully saturated rings. The van der Waals surface area contributed by atoms with Crippen molar-refractivity contribution >= 4 is 5.71 Å². The zero-order valence-electron chi connectivity index (χ0n) is 13.8. The molecule has 0 unspecified atom stereocenters. The summed E-state index contributed by atoms with van der Waals surface area (Å²) in [5.74, 6) is -0.239. The van der Waals surface area contributed by atoms with E-state index >= 15 is 0 Å². The Morgan fingerprint density at radius 1 is 0.955 bits per heavy atom. The van der Waals surface area contributed by atoms with Gasteiger partial charge in [-0.1, -0.05) is 50.6 Å². The Kier molecular flexibility index (Phi) is 9.12. The third-order valence-corrected chi connectivity index (χ3v) is 3.63. The molecule has 0 spiro atoms. The molecule has 1 aromatic rings. The summed E-state index contributed by atoms with van der Waals surface area (Å²) in [7, 11) is 0. The molecule has 0 radical (unpaired) electrons. The Morgan fingerprint density at radius 3 is 2.27 bits per heavy atom. The van der Waals surface area contributed by atoms with E-state index in [1.807, 2.05) is 6.92 Å². The molecule has 1 aromatic carbocycles. The average molecular weight is 307 g/mol. The molecule has 0 saturated heterocycles. The Hall–Kier alpha value is -1.71. The van der Waals surface area contributed by atoms with Crippen molar-refractivity contribution < 1.29 is 15.1 Å². The lowest BCUT2D eigenvalue weighted by Gasteiger charge is -2.08. The van der Waals surface area contributed by atoms with Crippen LogP contribution in [0, 0.1) is 0 Å². The molecule has 4 heteroatoms. The van der Waals surface area contributed by atoms with Gasteiger partial charge in [-0.2, -0.15) is 0 Å². The van der Waals surface area contributed by atoms with E-state index < -0.39 is 0 Å². The van der Waals surface area contributed by atoms with Crippen molar-refractivity contribution in [2.75, 3.05) is 6.61 Å². The Morgan fingerprint density at radius 2 is 1.64 bits per heavy atom. The number of hydrogen-bond acceptors (Lipinski definition) is 4. The molecule has 1 rings (SSSR count). The lowest BCUT2D eigenvalue weighted by molar-refractivity contribution is 0.158. The minimum atomic E-state index is -0.124. The number of rotatable bonds is 11. The molecule has 0 aromatic heterocycles. The van der Waals surface area contributed by atoms with E-state index in [9.17, 15) is 10.2 Å². The van der Waals surface area contributed by atoms with E-state index in [0.717, 1.165) is 24.1 Å². The van der Waals surface area contributed by atoms with Crippen molar-refractivity contribution in [1.29, 1.82) is 0 Å². The predicted octanol–water partition coefficient (Wildman–Crippen LogP) is 4.98. The number of phenolic OH excluding ortho intramolecular Hbond substituents is 2. The van der Waals surface area contributed by atoms with Crippen molar-refractivity contribution in [1.82, 2.24) is 0 Å². The number of benzene rings is 1. The lowest BCUT2D eigenvalue weighted by Crippen LogP contribution is -2.02. The molecule has 0 aliphatic rings. The molecule has 124 valence electrons. The molecule has 0 aliphatic carbocycles. The second kappa shape index (κ2) is 10.9. The van der Waals surface area contributed by atoms with E-state index in [2.05, 4.69) is 12.1 Å². The van der Waals surface area contributed by atoms with E-state index in [1.165, 1.54) is 50.7 Å². The van der Waals surface area contributed by atoms with Crippen molar-refractivity contribution in [3.05, 3.63) is 23.8 Å². The highest BCUT2D eigenvalue weighted by Gasteiger charge is 2.08. The van der Waals surface area contributed by atoms with Crippen LogP contribution in [0.3, 0.4) is 0 Å². The fraction of sp³-hybridized carbons (Fsp3) is 0.611. The highest BCUT2D eigenvalue weighted by molar-refractivity contribution is 6.00. The summed E-state index contributed by atoms with van der Waals surface area (Å²) in [5, 5.41) is 23.2. The minimum Gasteiger partial charge on any atom is -0.504 e. The van der Waals surface area contributed by atoms with Crippen LogP contribution in [0.1, 0.15) is 70.8 Å². The maximum atomic E-state index is 9.62. The first kappa shape index (κ1) is 18.3. The van der Waals surface area contributed by atoms with E-state index in [1.54, 1.807) is 6.07 Å². The van der Waals surface area contributed by atoms with Gasteiger partial charge in [-0.15, -0.1) is 0 Å². The molecule has 2 N–H and O–H groups in total. The largest absolute Gasteiger partial charge is 0.504 e. The normalized spacial score (nSPS) is 11.6. The zero-order valence-corrected chi connectivity index (χ0v) is 13.8. The number of unbranched alkanes of at least 4 members (excludes halogenated alkanes) is 6. The standard InChI is InChI=1S/C18H29NO3/c1-3-5-6-7-8-9-10-11-16(19-22-4-2)15-12-13-17(20)18(21)14-15/h12-14,20-21H,3-11H2,1-2H3/b19-16-. The number of oxime groups is 1. The molecule has 0 amide bonds. The molecule has 22 heavy (non-hydrogen) atoms. The number of phenols is 2. The van der Waals surface area contributed by atoms with Crippen LogP contribution in [-0.2, 0) is 4.84 Å². The van der Waals surface area contributed by atoms with Crippen LogP contribution in [-0.4, -0.2) is 22.5 Å². The van der Waals surface area contributed by atoms with Gasteiger partial charge in [0.15, 0.2) is 11.5 Å². The van der Waals surface area contributed by atoms with Crippen molar-refractivity contribution in [2.45, 2.75) is 65.2 Å². The monoisotopic (exact) mass is 307 g/mol. The Balaban J connectivity index is 2.49. The van der Waals surface area contributed by atoms with Crippen LogP contribution in [0.15, 0.2) is 23.4 Å². The van der Waals surface area contributed by atoms with Crippen LogP contribution in [0.2, 0.25) is 0 Å². The summed E-state index contributed by atoms with van der Waals surface area (Å²) >= 11 is 0. The fourth-order valence-electron chi connectivity index (χ4n) is 2.34. The van der Waals surface area contributed by atoms with Gasteiger partial charge in [-0.05, 0) is 38.0 Å². The highest BCUT2D eigenvalue weighted by atomic mass is 16.6. The van der Waals surface area contributed by atoms with E-state index in [4.69, 9.17) is 4.84 Å².